The Hall–Kier alpha value is -11.2. The van der Waals surface area contributed by atoms with Gasteiger partial charge in [0.1, 0.15) is 88.7 Å². The highest BCUT2D eigenvalue weighted by Gasteiger charge is 2.45. The van der Waals surface area contributed by atoms with Gasteiger partial charge in [0.15, 0.2) is 35.3 Å². The Labute approximate surface area is 538 Å². The number of aliphatic hydroxyl groups is 2. The summed E-state index contributed by atoms with van der Waals surface area (Å²) in [6, 6.07) is 9.44. The van der Waals surface area contributed by atoms with Crippen LogP contribution in [0.1, 0.15) is 100 Å². The fourth-order valence-corrected chi connectivity index (χ4v) is 11.9. The number of benzene rings is 7. The predicted octanol–water partition coefficient (Wildman–Crippen LogP) is 3.41. The van der Waals surface area contributed by atoms with Crippen LogP contribution in [0, 0.1) is 6.92 Å². The number of amides is 6. The van der Waals surface area contributed by atoms with E-state index in [0.29, 0.717) is 0 Å². The molecule has 0 radical (unpaired) electrons. The van der Waals surface area contributed by atoms with Crippen molar-refractivity contribution in [1.82, 2.24) is 31.9 Å². The largest absolute Gasteiger partial charge is 0.508 e. The summed E-state index contributed by atoms with van der Waals surface area (Å²) < 4.78 is 36.6. The van der Waals surface area contributed by atoms with Gasteiger partial charge in [0.25, 0.3) is 0 Å². The molecule has 95 heavy (non-hydrogen) atoms. The first-order valence-corrected chi connectivity index (χ1v) is 29.6. The normalized spacial score (nSPS) is 25.8. The van der Waals surface area contributed by atoms with Crippen LogP contribution in [0.25, 0.3) is 11.1 Å². The van der Waals surface area contributed by atoms with Gasteiger partial charge in [-0.1, -0.05) is 36.4 Å². The molecule has 492 valence electrons. The van der Waals surface area contributed by atoms with E-state index in [2.05, 4.69) is 31.9 Å². The number of ether oxygens (including phenoxy) is 6. The van der Waals surface area contributed by atoms with Crippen molar-refractivity contribution in [1.29, 1.82) is 0 Å². The van der Waals surface area contributed by atoms with Gasteiger partial charge >= 0.3 is 5.97 Å². The summed E-state index contributed by atoms with van der Waals surface area (Å²) >= 11 is 0. The maximum atomic E-state index is 16.0. The smallest absolute Gasteiger partial charge is 0.333 e. The second-order valence-corrected chi connectivity index (χ2v) is 23.3. The van der Waals surface area contributed by atoms with E-state index in [1.54, 1.807) is 0 Å². The van der Waals surface area contributed by atoms with E-state index >= 15 is 24.0 Å². The van der Waals surface area contributed by atoms with E-state index in [9.17, 15) is 50.4 Å². The standard InChI is InChI=1S/C66H62N8O21/c1-25-41(78)17-31-19-43(25)94-44-18-29(8-15-40(44)77)49(68)60(83)73-54-57(81)27-4-10-34(11-5-27)92-45-20-32-21-46(58(45)82)93-35-12-6-28(7-13-35)59(95-47-24-38(67)56(80)26(2)91-47)55-65(88)72-53(66(89)90-3)37-22-33(75)23-42(79)48(37)36-16-30(9-14-39(36)76)50(61(84)74-55)69-63(86)52(32)70-62(85)51(31)71-64(54)87/h4-23,26,38,47,49-57,59,75-82H,24,67-68H2,1-3H3,(H,69,86)(H,70,85)(H,71,87)(H,72,88)(H,73,83)(H,74,84)/t26-,38-,47-,49+,50+,51?,52+,53-,54+,55-,56-,57+,59?/m0/s1. The Balaban J connectivity index is 1.08. The Morgan fingerprint density at radius 2 is 1.06 bits per heavy atom. The molecule has 7 aliphatic heterocycles. The molecule has 0 spiro atoms. The van der Waals surface area contributed by atoms with Gasteiger partial charge in [-0.3, -0.25) is 28.8 Å². The molecule has 29 nitrogen and oxygen atoms in total. The van der Waals surface area contributed by atoms with Crippen LogP contribution < -0.4 is 57.6 Å². The van der Waals surface area contributed by atoms with Crippen molar-refractivity contribution in [2.45, 2.75) is 99.3 Å². The molecule has 1 fully saturated rings. The summed E-state index contributed by atoms with van der Waals surface area (Å²) in [5.74, 6) is -13.8. The maximum absolute atomic E-state index is 16.0. The Kier molecular flexibility index (Phi) is 17.1. The molecule has 29 heteroatoms. The molecule has 7 aliphatic rings. The van der Waals surface area contributed by atoms with E-state index in [4.69, 9.17) is 39.9 Å². The highest BCUT2D eigenvalue weighted by atomic mass is 16.7. The van der Waals surface area contributed by atoms with Gasteiger partial charge in [0.2, 0.25) is 41.2 Å². The fourth-order valence-electron chi connectivity index (χ4n) is 11.9. The number of carbonyl (C=O) groups is 7. The highest BCUT2D eigenvalue weighted by Crippen LogP contribution is 2.48. The third kappa shape index (κ3) is 12.4. The van der Waals surface area contributed by atoms with Gasteiger partial charge in [0.05, 0.1) is 19.3 Å². The fraction of sp³-hybridized carbons (Fsp3) is 0.258. The van der Waals surface area contributed by atoms with Crippen LogP contribution in [0.2, 0.25) is 0 Å². The van der Waals surface area contributed by atoms with Crippen LogP contribution in [-0.2, 0) is 47.8 Å². The number of aromatic hydroxyl groups is 6. The number of phenolic OH excluding ortho intramolecular Hbond substituents is 6. The zero-order chi connectivity index (χ0) is 67.6. The molecule has 6 amide bonds. The lowest BCUT2D eigenvalue weighted by Crippen LogP contribution is -2.57. The van der Waals surface area contributed by atoms with Crippen LogP contribution in [-0.4, -0.2) is 126 Å². The molecule has 14 rings (SSSR count). The highest BCUT2D eigenvalue weighted by molar-refractivity contribution is 6.00. The van der Waals surface area contributed by atoms with Crippen molar-refractivity contribution < 1.29 is 103 Å². The molecule has 1 saturated heterocycles. The lowest BCUT2D eigenvalue weighted by atomic mass is 9.89. The minimum Gasteiger partial charge on any atom is -0.508 e. The summed E-state index contributed by atoms with van der Waals surface area (Å²) in [5, 5.41) is 108. The average molecular weight is 1300 g/mol. The molecule has 7 heterocycles. The number of hydrogen-bond acceptors (Lipinski definition) is 23. The number of rotatable bonds is 3. The number of hydrogen-bond donors (Lipinski definition) is 16. The Morgan fingerprint density at radius 1 is 0.526 bits per heavy atom. The van der Waals surface area contributed by atoms with Gasteiger partial charge in [-0.25, -0.2) is 4.79 Å². The van der Waals surface area contributed by atoms with E-state index < -0.39 is 172 Å². The average Bonchev–Trinajstić information content (AvgIpc) is 0.784. The number of fused-ring (bicyclic) bond motifs is 14. The maximum Gasteiger partial charge on any atom is 0.333 e. The van der Waals surface area contributed by atoms with Crippen LogP contribution in [0.15, 0.2) is 121 Å². The quantitative estimate of drug-likeness (QED) is 0.113. The number of methoxy groups -OCH3 is 1. The summed E-state index contributed by atoms with van der Waals surface area (Å²) in [5.41, 5.74) is 11.1. The van der Waals surface area contributed by atoms with Gasteiger partial charge < -0.3 is 113 Å². The lowest BCUT2D eigenvalue weighted by Gasteiger charge is -2.39. The van der Waals surface area contributed by atoms with Crippen molar-refractivity contribution in [2.75, 3.05) is 7.11 Å². The molecule has 0 saturated carbocycles. The monoisotopic (exact) mass is 1300 g/mol. The van der Waals surface area contributed by atoms with Gasteiger partial charge in [-0.15, -0.1) is 0 Å². The van der Waals surface area contributed by atoms with Crippen LogP contribution in [0.4, 0.5) is 0 Å². The molecule has 0 aromatic heterocycles. The number of phenols is 6. The second kappa shape index (κ2) is 25.4. The molecule has 17 bridgehead atoms. The van der Waals surface area contributed by atoms with E-state index in [1.165, 1.54) is 92.7 Å². The number of nitrogens with two attached hydrogens (primary N) is 2. The summed E-state index contributed by atoms with van der Waals surface area (Å²) in [6.45, 7) is 2.94. The van der Waals surface area contributed by atoms with Crippen LogP contribution in [0.5, 0.6) is 69.0 Å². The first-order valence-electron chi connectivity index (χ1n) is 29.6. The van der Waals surface area contributed by atoms with Crippen molar-refractivity contribution in [3.63, 3.8) is 0 Å². The zero-order valence-electron chi connectivity index (χ0n) is 50.3. The number of nitrogens with one attached hydrogen (secondary N) is 6. The molecular weight excluding hydrogens is 1240 g/mol. The third-order valence-electron chi connectivity index (χ3n) is 17.1. The molecule has 7 aromatic carbocycles. The number of esters is 1. The van der Waals surface area contributed by atoms with E-state index in [-0.39, 0.29) is 79.5 Å². The summed E-state index contributed by atoms with van der Waals surface area (Å²) in [7, 11) is 0.985. The lowest BCUT2D eigenvalue weighted by molar-refractivity contribution is -0.243. The minimum absolute atomic E-state index is 0.00324. The van der Waals surface area contributed by atoms with Crippen molar-refractivity contribution in [3.8, 4) is 80.1 Å². The van der Waals surface area contributed by atoms with E-state index in [0.717, 1.165) is 49.6 Å². The van der Waals surface area contributed by atoms with Crippen LogP contribution >= 0.6 is 0 Å². The van der Waals surface area contributed by atoms with Crippen molar-refractivity contribution >= 4 is 41.4 Å². The molecule has 18 N–H and O–H groups in total. The van der Waals surface area contributed by atoms with Crippen molar-refractivity contribution in [2.24, 2.45) is 11.5 Å². The van der Waals surface area contributed by atoms with Gasteiger partial charge in [-0.2, -0.15) is 0 Å². The molecular formula is C66H62N8O21. The molecule has 7 aromatic rings. The zero-order valence-corrected chi connectivity index (χ0v) is 50.3. The van der Waals surface area contributed by atoms with Gasteiger partial charge in [-0.05, 0) is 126 Å². The van der Waals surface area contributed by atoms with Gasteiger partial charge in [0, 0.05) is 40.8 Å². The molecule has 0 aliphatic carbocycles. The SMILES string of the molecule is COC(=O)[C@H]1NC(=O)[C@H]2NC(=O)[C@H](NC(=O)[C@@H]3NC(=O)C4NC(=O)[C@H](NC(=O)[C@H](N)c5ccc(O)c(c5)Oc5cc4cc(O)c5C)[C@H](O)c4ccc(cc4)Oc4cc3cc(c4O)Oc3ccc(cc3)C2O[C@H]2C[C@H](N)[C@@H](O)[C@H](C)O2)c2ccc(O)c(c2)-c2c(O)cc(O)cc21. The Morgan fingerprint density at radius 3 is 1.71 bits per heavy atom. The van der Waals surface area contributed by atoms with E-state index in [1.807, 2.05) is 0 Å². The van der Waals surface area contributed by atoms with Crippen LogP contribution in [0.3, 0.4) is 0 Å². The molecule has 13 atom stereocenters. The minimum atomic E-state index is -2.17. The number of aliphatic hydroxyl groups excluding tert-OH is 2. The second-order valence-electron chi connectivity index (χ2n) is 23.3. The summed E-state index contributed by atoms with van der Waals surface area (Å²) in [6.07, 6.45) is -7.32. The first kappa shape index (κ1) is 63.9. The molecule has 2 unspecified atom stereocenters. The number of carbonyl (C=O) groups excluding carboxylic acids is 7. The topological polar surface area (TPSA) is 461 Å². The third-order valence-corrected chi connectivity index (χ3v) is 17.1. The predicted molar refractivity (Wildman–Crippen MR) is 327 cm³/mol. The first-order chi connectivity index (χ1) is 45.3. The Bertz CT molecular complexity index is 4270. The van der Waals surface area contributed by atoms with Crippen molar-refractivity contribution in [3.05, 3.63) is 166 Å². The summed E-state index contributed by atoms with van der Waals surface area (Å²) in [4.78, 5) is 106.